The molecule has 3 heterocycles. The molecule has 1 aliphatic heterocycles. The fourth-order valence-corrected chi connectivity index (χ4v) is 5.86. The van der Waals surface area contributed by atoms with Gasteiger partial charge in [0.15, 0.2) is 0 Å². The van der Waals surface area contributed by atoms with E-state index in [0.29, 0.717) is 0 Å². The molecule has 31 heavy (non-hydrogen) atoms. The summed E-state index contributed by atoms with van der Waals surface area (Å²) in [5.41, 5.74) is 4.06. The third-order valence-electron chi connectivity index (χ3n) is 6.85. The molecule has 0 aliphatic carbocycles. The molecule has 0 saturated carbocycles. The molecule has 1 saturated heterocycles. The molecule has 2 aromatic heterocycles. The monoisotopic (exact) mass is 425 g/mol. The van der Waals surface area contributed by atoms with Crippen molar-refractivity contribution in [1.29, 1.82) is 0 Å². The highest BCUT2D eigenvalue weighted by Gasteiger charge is 2.52. The quantitative estimate of drug-likeness (QED) is 0.310. The minimum atomic E-state index is -0.368. The van der Waals surface area contributed by atoms with Crippen LogP contribution < -0.4 is 5.46 Å². The molecule has 3 nitrogen and oxygen atoms in total. The normalized spacial score (nSPS) is 17.9. The van der Waals surface area contributed by atoms with Crippen LogP contribution in [0.25, 0.3) is 36.9 Å². The molecule has 1 aliphatic rings. The molecule has 0 atom stereocenters. The van der Waals surface area contributed by atoms with Gasteiger partial charge in [-0.05, 0) is 45.9 Å². The first-order valence-electron chi connectivity index (χ1n) is 10.7. The maximum absolute atomic E-state index is 6.41. The number of fused-ring (bicyclic) bond motifs is 5. The van der Waals surface area contributed by atoms with Gasteiger partial charge in [-0.25, -0.2) is 0 Å². The molecule has 3 aromatic carbocycles. The van der Waals surface area contributed by atoms with Gasteiger partial charge < -0.3 is 13.9 Å². The van der Waals surface area contributed by atoms with Gasteiger partial charge in [0.05, 0.1) is 26.9 Å². The number of aromatic nitrogens is 1. The van der Waals surface area contributed by atoms with Crippen molar-refractivity contribution in [3.05, 3.63) is 72.8 Å². The Kier molecular flexibility index (Phi) is 3.98. The average molecular weight is 425 g/mol. The molecular weight excluding hydrogens is 401 g/mol. The van der Waals surface area contributed by atoms with Crippen molar-refractivity contribution in [3.63, 3.8) is 0 Å². The summed E-state index contributed by atoms with van der Waals surface area (Å²) in [5, 5.41) is 2.52. The van der Waals surface area contributed by atoms with E-state index in [9.17, 15) is 0 Å². The number of hydrogen-bond acceptors (Lipinski definition) is 3. The average Bonchev–Trinajstić information content (AvgIpc) is 3.35. The van der Waals surface area contributed by atoms with Crippen LogP contribution in [0.3, 0.4) is 0 Å². The Labute approximate surface area is 186 Å². The van der Waals surface area contributed by atoms with Crippen LogP contribution in [0.2, 0.25) is 0 Å². The fraction of sp³-hybridized carbons (Fsp3) is 0.231. The van der Waals surface area contributed by atoms with Crippen molar-refractivity contribution in [2.24, 2.45) is 0 Å². The summed E-state index contributed by atoms with van der Waals surface area (Å²) >= 11 is 1.84. The SMILES string of the molecule is CC1(C)OB(c2cccc3c2sc2c4ccccc4n(-c4ccccc4)c32)OC1(C)C. The van der Waals surface area contributed by atoms with E-state index in [-0.39, 0.29) is 18.3 Å². The molecule has 1 fully saturated rings. The van der Waals surface area contributed by atoms with Gasteiger partial charge in [0, 0.05) is 26.6 Å². The second-order valence-electron chi connectivity index (χ2n) is 9.28. The van der Waals surface area contributed by atoms with Gasteiger partial charge >= 0.3 is 7.12 Å². The van der Waals surface area contributed by atoms with E-state index in [1.54, 1.807) is 0 Å². The van der Waals surface area contributed by atoms with Crippen molar-refractivity contribution in [2.45, 2.75) is 38.9 Å². The highest BCUT2D eigenvalue weighted by atomic mass is 32.1. The molecular formula is C26H24BNO2S. The standard InChI is InChI=1S/C26H24BNO2S/c1-25(2)26(3,4)30-27(29-25)20-15-10-14-19-22-24(31-23(19)20)18-13-8-9-16-21(18)28(22)17-11-6-5-7-12-17/h5-16H,1-4H3. The third-order valence-corrected chi connectivity index (χ3v) is 8.13. The molecule has 0 amide bonds. The van der Waals surface area contributed by atoms with Gasteiger partial charge in [-0.3, -0.25) is 0 Å². The Balaban J connectivity index is 1.66. The fourth-order valence-electron chi connectivity index (χ4n) is 4.51. The second kappa shape index (κ2) is 6.46. The molecule has 0 spiro atoms. The molecule has 5 aromatic rings. The summed E-state index contributed by atoms with van der Waals surface area (Å²) in [7, 11) is -0.368. The summed E-state index contributed by atoms with van der Waals surface area (Å²) in [5.74, 6) is 0. The smallest absolute Gasteiger partial charge is 0.399 e. The predicted molar refractivity (Wildman–Crippen MR) is 132 cm³/mol. The van der Waals surface area contributed by atoms with Crippen molar-refractivity contribution in [2.75, 3.05) is 0 Å². The number of benzene rings is 3. The van der Waals surface area contributed by atoms with Crippen LogP contribution in [0.5, 0.6) is 0 Å². The Morgan fingerprint density at radius 3 is 2.10 bits per heavy atom. The van der Waals surface area contributed by atoms with Gasteiger partial charge in [-0.1, -0.05) is 54.6 Å². The van der Waals surface area contributed by atoms with Crippen molar-refractivity contribution >= 4 is 55.1 Å². The van der Waals surface area contributed by atoms with Crippen LogP contribution in [0.1, 0.15) is 27.7 Å². The lowest BCUT2D eigenvalue weighted by atomic mass is 9.78. The lowest BCUT2D eigenvalue weighted by Gasteiger charge is -2.32. The van der Waals surface area contributed by atoms with Crippen LogP contribution in [0.4, 0.5) is 0 Å². The summed E-state index contributed by atoms with van der Waals surface area (Å²) < 4.78 is 17.7. The minimum absolute atomic E-state index is 0.359. The van der Waals surface area contributed by atoms with Gasteiger partial charge in [0.25, 0.3) is 0 Å². The van der Waals surface area contributed by atoms with Crippen molar-refractivity contribution in [3.8, 4) is 5.69 Å². The van der Waals surface area contributed by atoms with Crippen molar-refractivity contribution < 1.29 is 9.31 Å². The molecule has 154 valence electrons. The highest BCUT2D eigenvalue weighted by molar-refractivity contribution is 7.28. The third kappa shape index (κ3) is 2.67. The number of hydrogen-bond donors (Lipinski definition) is 0. The van der Waals surface area contributed by atoms with Crippen LogP contribution in [-0.2, 0) is 9.31 Å². The Bertz CT molecular complexity index is 1430. The Morgan fingerprint density at radius 1 is 0.710 bits per heavy atom. The summed E-state index contributed by atoms with van der Waals surface area (Å²) in [6.07, 6.45) is 0. The van der Waals surface area contributed by atoms with Gasteiger partial charge in [0.1, 0.15) is 0 Å². The zero-order valence-corrected chi connectivity index (χ0v) is 19.0. The molecule has 6 rings (SSSR count). The first-order valence-corrected chi connectivity index (χ1v) is 11.5. The lowest BCUT2D eigenvalue weighted by molar-refractivity contribution is 0.00578. The first-order chi connectivity index (χ1) is 14.9. The van der Waals surface area contributed by atoms with E-state index < -0.39 is 0 Å². The molecule has 0 bridgehead atoms. The summed E-state index contributed by atoms with van der Waals surface area (Å²) in [4.78, 5) is 0. The van der Waals surface area contributed by atoms with Crippen LogP contribution in [0.15, 0.2) is 72.8 Å². The number of para-hydroxylation sites is 2. The molecule has 0 unspecified atom stereocenters. The number of thiophene rings is 1. The maximum atomic E-state index is 6.41. The largest absolute Gasteiger partial charge is 0.496 e. The summed E-state index contributed by atoms with van der Waals surface area (Å²) in [6.45, 7) is 8.42. The van der Waals surface area contributed by atoms with Crippen LogP contribution >= 0.6 is 11.3 Å². The van der Waals surface area contributed by atoms with Crippen LogP contribution in [-0.4, -0.2) is 22.9 Å². The molecule has 0 radical (unpaired) electrons. The predicted octanol–water partition coefficient (Wildman–Crippen LogP) is 6.30. The van der Waals surface area contributed by atoms with E-state index in [1.807, 2.05) is 11.3 Å². The van der Waals surface area contributed by atoms with E-state index >= 15 is 0 Å². The van der Waals surface area contributed by atoms with Gasteiger partial charge in [0.2, 0.25) is 0 Å². The van der Waals surface area contributed by atoms with E-state index in [2.05, 4.69) is 105 Å². The maximum Gasteiger partial charge on any atom is 0.496 e. The second-order valence-corrected chi connectivity index (χ2v) is 10.3. The zero-order chi connectivity index (χ0) is 21.4. The lowest BCUT2D eigenvalue weighted by Crippen LogP contribution is -2.41. The van der Waals surface area contributed by atoms with E-state index in [0.717, 1.165) is 5.46 Å². The highest BCUT2D eigenvalue weighted by Crippen LogP contribution is 2.43. The zero-order valence-electron chi connectivity index (χ0n) is 18.2. The number of rotatable bonds is 2. The van der Waals surface area contributed by atoms with Gasteiger partial charge in [-0.2, -0.15) is 0 Å². The minimum Gasteiger partial charge on any atom is -0.399 e. The number of nitrogens with zero attached hydrogens (tertiary/aromatic N) is 1. The van der Waals surface area contributed by atoms with E-state index in [4.69, 9.17) is 9.31 Å². The Morgan fingerprint density at radius 2 is 1.35 bits per heavy atom. The first kappa shape index (κ1) is 19.1. The van der Waals surface area contributed by atoms with Crippen molar-refractivity contribution in [1.82, 2.24) is 4.57 Å². The topological polar surface area (TPSA) is 23.4 Å². The van der Waals surface area contributed by atoms with Crippen LogP contribution in [0, 0.1) is 0 Å². The molecule has 5 heteroatoms. The summed E-state index contributed by atoms with van der Waals surface area (Å²) in [6, 6.07) is 25.8. The Hall–Kier alpha value is -2.60. The van der Waals surface area contributed by atoms with Gasteiger partial charge in [-0.15, -0.1) is 11.3 Å². The van der Waals surface area contributed by atoms with E-state index in [1.165, 1.54) is 36.9 Å². The molecule has 0 N–H and O–H groups in total.